The van der Waals surface area contributed by atoms with Crippen LogP contribution in [0, 0.1) is 0 Å². The molecular weight excluding hydrogens is 492 g/mol. The average Bonchev–Trinajstić information content (AvgIpc) is 3.33. The lowest BCUT2D eigenvalue weighted by atomic mass is 10.2. The lowest BCUT2D eigenvalue weighted by Gasteiger charge is -2.26. The first-order valence-corrected chi connectivity index (χ1v) is 11.6. The molecule has 10 heteroatoms. The van der Waals surface area contributed by atoms with E-state index in [-0.39, 0.29) is 6.79 Å². The van der Waals surface area contributed by atoms with Crippen LogP contribution in [0.3, 0.4) is 0 Å². The Kier molecular flexibility index (Phi) is 6.65. The molecule has 1 N–H and O–H groups in total. The van der Waals surface area contributed by atoms with Crippen LogP contribution in [0.15, 0.2) is 35.1 Å². The van der Waals surface area contributed by atoms with E-state index in [9.17, 15) is 0 Å². The van der Waals surface area contributed by atoms with Gasteiger partial charge in [0.05, 0.1) is 32.4 Å². The molecule has 0 saturated carbocycles. The predicted octanol–water partition coefficient (Wildman–Crippen LogP) is 3.97. The normalized spacial score (nSPS) is 15.6. The molecule has 0 unspecified atom stereocenters. The molecule has 0 amide bonds. The Morgan fingerprint density at radius 3 is 2.85 bits per heavy atom. The maximum absolute atomic E-state index is 6.06. The molecule has 0 aliphatic carbocycles. The molecule has 0 spiro atoms. The number of rotatable bonds is 8. The van der Waals surface area contributed by atoms with Gasteiger partial charge in [0, 0.05) is 35.6 Å². The fourth-order valence-electron chi connectivity index (χ4n) is 3.91. The average molecular weight is 517 g/mol. The molecule has 5 rings (SSSR count). The van der Waals surface area contributed by atoms with Crippen molar-refractivity contribution in [3.05, 3.63) is 35.1 Å². The van der Waals surface area contributed by atoms with Crippen molar-refractivity contribution in [1.82, 2.24) is 14.9 Å². The molecule has 9 nitrogen and oxygen atoms in total. The first-order chi connectivity index (χ1) is 16.2. The van der Waals surface area contributed by atoms with Gasteiger partial charge in [-0.3, -0.25) is 4.90 Å². The van der Waals surface area contributed by atoms with E-state index in [1.165, 1.54) is 6.33 Å². The Hall–Kier alpha value is -2.82. The summed E-state index contributed by atoms with van der Waals surface area (Å²) in [7, 11) is 1.63. The molecule has 0 bridgehead atoms. The highest BCUT2D eigenvalue weighted by Crippen LogP contribution is 2.45. The molecule has 2 aliphatic heterocycles. The zero-order chi connectivity index (χ0) is 22.6. The Balaban J connectivity index is 1.35. The summed E-state index contributed by atoms with van der Waals surface area (Å²) in [6, 6.07) is 7.55. The zero-order valence-corrected chi connectivity index (χ0v) is 19.9. The minimum atomic E-state index is 0.186. The minimum Gasteiger partial charge on any atom is -0.493 e. The number of aromatic nitrogens is 2. The summed E-state index contributed by atoms with van der Waals surface area (Å²) in [5.74, 6) is 3.24. The van der Waals surface area contributed by atoms with Gasteiger partial charge >= 0.3 is 0 Å². The zero-order valence-electron chi connectivity index (χ0n) is 18.3. The third-order valence-electron chi connectivity index (χ3n) is 5.63. The Bertz CT molecular complexity index is 1140. The first kappa shape index (κ1) is 22.0. The van der Waals surface area contributed by atoms with Gasteiger partial charge < -0.3 is 29.0 Å². The highest BCUT2D eigenvalue weighted by Gasteiger charge is 2.22. The summed E-state index contributed by atoms with van der Waals surface area (Å²) in [4.78, 5) is 11.3. The SMILES string of the molecule is COc1cc2c(Nc3c(Br)ccc4c3OCO4)ncnc2cc1OCCCN1CCOCC1. The van der Waals surface area contributed by atoms with Crippen molar-refractivity contribution in [2.24, 2.45) is 0 Å². The smallest absolute Gasteiger partial charge is 0.231 e. The van der Waals surface area contributed by atoms with Crippen LogP contribution in [0.4, 0.5) is 11.5 Å². The Morgan fingerprint density at radius 2 is 2.00 bits per heavy atom. The standard InChI is InChI=1S/C23H25BrN4O5/c1-29-19-11-15-17(12-20(19)31-8-2-5-28-6-9-30-10-7-28)25-13-26-23(15)27-21-16(24)3-4-18-22(21)33-14-32-18/h3-4,11-13H,2,5-10,14H2,1H3,(H,25,26,27). The molecule has 1 saturated heterocycles. The van der Waals surface area contributed by atoms with Gasteiger partial charge in [0.2, 0.25) is 6.79 Å². The summed E-state index contributed by atoms with van der Waals surface area (Å²) < 4.78 is 29.0. The molecule has 0 atom stereocenters. The number of methoxy groups -OCH3 is 1. The van der Waals surface area contributed by atoms with Gasteiger partial charge in [-0.1, -0.05) is 0 Å². The maximum atomic E-state index is 6.06. The van der Waals surface area contributed by atoms with E-state index < -0.39 is 0 Å². The third kappa shape index (κ3) is 4.78. The van der Waals surface area contributed by atoms with Crippen molar-refractivity contribution in [2.45, 2.75) is 6.42 Å². The van der Waals surface area contributed by atoms with Crippen LogP contribution < -0.4 is 24.3 Å². The molecule has 1 fully saturated rings. The van der Waals surface area contributed by atoms with Gasteiger partial charge in [-0.25, -0.2) is 9.97 Å². The molecule has 2 aromatic carbocycles. The number of morpholine rings is 1. The number of hydrogen-bond acceptors (Lipinski definition) is 9. The van der Waals surface area contributed by atoms with Crippen molar-refractivity contribution in [3.63, 3.8) is 0 Å². The van der Waals surface area contributed by atoms with E-state index in [1.807, 2.05) is 24.3 Å². The number of fused-ring (bicyclic) bond motifs is 2. The Morgan fingerprint density at radius 1 is 1.12 bits per heavy atom. The van der Waals surface area contributed by atoms with Crippen LogP contribution >= 0.6 is 15.9 Å². The number of nitrogens with zero attached hydrogens (tertiary/aromatic N) is 3. The largest absolute Gasteiger partial charge is 0.493 e. The van der Waals surface area contributed by atoms with Crippen LogP contribution in [0.5, 0.6) is 23.0 Å². The lowest BCUT2D eigenvalue weighted by molar-refractivity contribution is 0.0357. The van der Waals surface area contributed by atoms with Crippen LogP contribution in [-0.2, 0) is 4.74 Å². The van der Waals surface area contributed by atoms with Gasteiger partial charge in [-0.2, -0.15) is 0 Å². The number of anilines is 2. The monoisotopic (exact) mass is 516 g/mol. The number of halogens is 1. The van der Waals surface area contributed by atoms with E-state index in [0.717, 1.165) is 60.3 Å². The summed E-state index contributed by atoms with van der Waals surface area (Å²) in [5.41, 5.74) is 1.49. The van der Waals surface area contributed by atoms with E-state index in [2.05, 4.69) is 36.1 Å². The molecular formula is C23H25BrN4O5. The van der Waals surface area contributed by atoms with Crippen molar-refractivity contribution in [3.8, 4) is 23.0 Å². The van der Waals surface area contributed by atoms with Crippen LogP contribution in [0.25, 0.3) is 10.9 Å². The van der Waals surface area contributed by atoms with Gasteiger partial charge in [-0.05, 0) is 40.5 Å². The van der Waals surface area contributed by atoms with Crippen molar-refractivity contribution >= 4 is 38.3 Å². The fraction of sp³-hybridized carbons (Fsp3) is 0.391. The second-order valence-electron chi connectivity index (χ2n) is 7.68. The summed E-state index contributed by atoms with van der Waals surface area (Å²) in [5, 5.41) is 4.16. The van der Waals surface area contributed by atoms with Crippen molar-refractivity contribution < 1.29 is 23.7 Å². The molecule has 3 aromatic rings. The number of hydrogen-bond donors (Lipinski definition) is 1. The maximum Gasteiger partial charge on any atom is 0.231 e. The number of ether oxygens (including phenoxy) is 5. The lowest BCUT2D eigenvalue weighted by Crippen LogP contribution is -2.37. The van der Waals surface area contributed by atoms with Gasteiger partial charge in [-0.15, -0.1) is 0 Å². The van der Waals surface area contributed by atoms with E-state index in [4.69, 9.17) is 23.7 Å². The molecule has 1 aromatic heterocycles. The molecule has 2 aliphatic rings. The molecule has 174 valence electrons. The van der Waals surface area contributed by atoms with Gasteiger partial charge in [0.15, 0.2) is 23.0 Å². The second-order valence-corrected chi connectivity index (χ2v) is 8.53. The molecule has 0 radical (unpaired) electrons. The minimum absolute atomic E-state index is 0.186. The highest BCUT2D eigenvalue weighted by atomic mass is 79.9. The summed E-state index contributed by atoms with van der Waals surface area (Å²) in [6.45, 7) is 5.32. The topological polar surface area (TPSA) is 87.2 Å². The van der Waals surface area contributed by atoms with Crippen molar-refractivity contribution in [2.75, 3.05) is 58.7 Å². The van der Waals surface area contributed by atoms with E-state index in [1.54, 1.807) is 7.11 Å². The summed E-state index contributed by atoms with van der Waals surface area (Å²) >= 11 is 3.58. The van der Waals surface area contributed by atoms with Crippen LogP contribution in [-0.4, -0.2) is 68.2 Å². The van der Waals surface area contributed by atoms with Crippen LogP contribution in [0.2, 0.25) is 0 Å². The second kappa shape index (κ2) is 9.98. The van der Waals surface area contributed by atoms with Crippen LogP contribution in [0.1, 0.15) is 6.42 Å². The fourth-order valence-corrected chi connectivity index (χ4v) is 4.33. The number of benzene rings is 2. The van der Waals surface area contributed by atoms with E-state index >= 15 is 0 Å². The Labute approximate surface area is 200 Å². The molecule has 3 heterocycles. The summed E-state index contributed by atoms with van der Waals surface area (Å²) in [6.07, 6.45) is 2.45. The molecule has 33 heavy (non-hydrogen) atoms. The first-order valence-electron chi connectivity index (χ1n) is 10.8. The third-order valence-corrected chi connectivity index (χ3v) is 6.29. The highest BCUT2D eigenvalue weighted by molar-refractivity contribution is 9.10. The number of nitrogens with one attached hydrogen (secondary N) is 1. The van der Waals surface area contributed by atoms with Gasteiger partial charge in [0.25, 0.3) is 0 Å². The predicted molar refractivity (Wildman–Crippen MR) is 127 cm³/mol. The van der Waals surface area contributed by atoms with Crippen molar-refractivity contribution in [1.29, 1.82) is 0 Å². The van der Waals surface area contributed by atoms with E-state index in [0.29, 0.717) is 35.4 Å². The quantitative estimate of drug-likeness (QED) is 0.446. The van der Waals surface area contributed by atoms with Gasteiger partial charge in [0.1, 0.15) is 17.8 Å².